The summed E-state index contributed by atoms with van der Waals surface area (Å²) in [5.74, 6) is -0.0635. The minimum atomic E-state index is -0.256. The lowest BCUT2D eigenvalue weighted by molar-refractivity contribution is 0.0980. The lowest BCUT2D eigenvalue weighted by Crippen LogP contribution is -2.43. The number of carbonyl (C=O) groups excluding carboxylic acids is 2. The third-order valence-electron chi connectivity index (χ3n) is 6.86. The molecular weight excluding hydrogens is 517 g/mol. The Morgan fingerprint density at radius 2 is 1.61 bits per heavy atom. The van der Waals surface area contributed by atoms with Crippen molar-refractivity contribution in [1.82, 2.24) is 4.90 Å². The summed E-state index contributed by atoms with van der Waals surface area (Å²) >= 11 is 12.9. The molecule has 0 aromatic heterocycles. The van der Waals surface area contributed by atoms with E-state index in [9.17, 15) is 9.59 Å². The zero-order valence-electron chi connectivity index (χ0n) is 20.9. The van der Waals surface area contributed by atoms with Gasteiger partial charge in [0.15, 0.2) is 0 Å². The van der Waals surface area contributed by atoms with E-state index in [1.54, 1.807) is 29.2 Å². The molecular formula is C31H27Cl2N3O2. The third-order valence-corrected chi connectivity index (χ3v) is 7.52. The minimum absolute atomic E-state index is 0.00460. The average Bonchev–Trinajstić information content (AvgIpc) is 3.08. The van der Waals surface area contributed by atoms with Gasteiger partial charge in [0, 0.05) is 41.9 Å². The van der Waals surface area contributed by atoms with E-state index in [1.165, 1.54) is 0 Å². The fourth-order valence-corrected chi connectivity index (χ4v) is 5.37. The van der Waals surface area contributed by atoms with Gasteiger partial charge in [0.1, 0.15) is 0 Å². The molecule has 1 aliphatic heterocycles. The van der Waals surface area contributed by atoms with Crippen molar-refractivity contribution in [2.24, 2.45) is 0 Å². The monoisotopic (exact) mass is 543 g/mol. The highest BCUT2D eigenvalue weighted by molar-refractivity contribution is 6.35. The highest BCUT2D eigenvalue weighted by Crippen LogP contribution is 2.31. The van der Waals surface area contributed by atoms with Crippen LogP contribution >= 0.6 is 23.2 Å². The maximum Gasteiger partial charge on any atom is 0.259 e. The van der Waals surface area contributed by atoms with E-state index >= 15 is 0 Å². The highest BCUT2D eigenvalue weighted by Gasteiger charge is 2.30. The van der Waals surface area contributed by atoms with Crippen molar-refractivity contribution in [3.05, 3.63) is 119 Å². The van der Waals surface area contributed by atoms with Crippen molar-refractivity contribution in [3.63, 3.8) is 0 Å². The van der Waals surface area contributed by atoms with Gasteiger partial charge in [-0.15, -0.1) is 11.6 Å². The first-order chi connectivity index (χ1) is 18.5. The number of halogens is 2. The molecule has 1 heterocycles. The van der Waals surface area contributed by atoms with E-state index in [4.69, 9.17) is 23.2 Å². The van der Waals surface area contributed by atoms with Gasteiger partial charge in [0.25, 0.3) is 11.8 Å². The molecule has 0 aliphatic carbocycles. The van der Waals surface area contributed by atoms with E-state index in [-0.39, 0.29) is 22.9 Å². The molecule has 0 radical (unpaired) electrons. The molecule has 0 spiro atoms. The summed E-state index contributed by atoms with van der Waals surface area (Å²) in [6, 6.07) is 30.1. The van der Waals surface area contributed by atoms with Gasteiger partial charge >= 0.3 is 0 Å². The number of hydrogen-bond acceptors (Lipinski definition) is 3. The highest BCUT2D eigenvalue weighted by atomic mass is 35.5. The van der Waals surface area contributed by atoms with Gasteiger partial charge in [-0.1, -0.05) is 78.3 Å². The molecule has 4 aromatic carbocycles. The van der Waals surface area contributed by atoms with Gasteiger partial charge < -0.3 is 10.2 Å². The maximum absolute atomic E-state index is 13.8. The first-order valence-electron chi connectivity index (χ1n) is 12.4. The number of nitrogens with zero attached hydrogens (tertiary/aromatic N) is 2. The van der Waals surface area contributed by atoms with Crippen LogP contribution in [0.4, 0.5) is 11.4 Å². The van der Waals surface area contributed by atoms with E-state index in [0.717, 1.165) is 22.4 Å². The molecule has 0 bridgehead atoms. The number of likely N-dealkylation sites (N-methyl/N-ethyl adjacent to an activating group) is 1. The van der Waals surface area contributed by atoms with Crippen LogP contribution in [-0.4, -0.2) is 42.2 Å². The van der Waals surface area contributed by atoms with Crippen molar-refractivity contribution in [2.45, 2.75) is 12.6 Å². The fourth-order valence-electron chi connectivity index (χ4n) is 4.77. The van der Waals surface area contributed by atoms with Crippen LogP contribution in [0.15, 0.2) is 97.1 Å². The molecule has 7 heteroatoms. The number of para-hydroxylation sites is 1. The predicted octanol–water partition coefficient (Wildman–Crippen LogP) is 6.96. The number of alkyl halides is 1. The van der Waals surface area contributed by atoms with Gasteiger partial charge in [0.2, 0.25) is 0 Å². The first-order valence-corrected chi connectivity index (χ1v) is 13.3. The van der Waals surface area contributed by atoms with Crippen LogP contribution in [0.1, 0.15) is 26.3 Å². The third kappa shape index (κ3) is 5.32. The second kappa shape index (κ2) is 11.4. The Morgan fingerprint density at radius 1 is 0.895 bits per heavy atom. The number of anilines is 2. The molecule has 192 valence electrons. The van der Waals surface area contributed by atoms with Crippen molar-refractivity contribution < 1.29 is 9.59 Å². The number of hydrogen-bond donors (Lipinski definition) is 1. The minimum Gasteiger partial charge on any atom is -0.322 e. The summed E-state index contributed by atoms with van der Waals surface area (Å²) in [5.41, 5.74) is 5.11. The molecule has 0 unspecified atom stereocenters. The van der Waals surface area contributed by atoms with Crippen LogP contribution < -0.4 is 10.2 Å². The Hall–Kier alpha value is -3.64. The lowest BCUT2D eigenvalue weighted by Gasteiger charge is -2.28. The summed E-state index contributed by atoms with van der Waals surface area (Å²) in [5, 5.41) is 3.20. The molecule has 5 rings (SSSR count). The van der Waals surface area contributed by atoms with Crippen molar-refractivity contribution in [2.75, 3.05) is 29.7 Å². The normalized spacial score (nSPS) is 15.4. The molecule has 1 atom stereocenters. The van der Waals surface area contributed by atoms with Crippen LogP contribution in [0.25, 0.3) is 11.1 Å². The Bertz CT molecular complexity index is 1480. The first kappa shape index (κ1) is 26.0. The Kier molecular flexibility index (Phi) is 7.79. The standard InChI is InChI=1S/C31H27Cl2N3O2/c1-35-19-22-11-5-8-14-29(22)36(20-24(35)18-32)31(38)27-16-15-23(17-28(27)33)34-30(37)26-13-7-6-12-25(26)21-9-3-2-4-10-21/h2-17,24H,18-20H2,1H3,(H,34,37)/t24-/m1/s1. The molecule has 4 aromatic rings. The molecule has 0 fully saturated rings. The van der Waals surface area contributed by atoms with Crippen LogP contribution in [0, 0.1) is 0 Å². The molecule has 1 N–H and O–H groups in total. The number of benzene rings is 4. The van der Waals surface area contributed by atoms with E-state index in [2.05, 4.69) is 10.2 Å². The Balaban J connectivity index is 1.40. The molecule has 0 saturated carbocycles. The Labute approximate surface area is 232 Å². The quantitative estimate of drug-likeness (QED) is 0.277. The Morgan fingerprint density at radius 3 is 2.37 bits per heavy atom. The summed E-state index contributed by atoms with van der Waals surface area (Å²) in [6.07, 6.45) is 0. The zero-order valence-corrected chi connectivity index (χ0v) is 22.4. The molecule has 0 saturated heterocycles. The van der Waals surface area contributed by atoms with Crippen LogP contribution in [-0.2, 0) is 6.54 Å². The number of rotatable bonds is 5. The van der Waals surface area contributed by atoms with Gasteiger partial charge in [-0.3, -0.25) is 14.5 Å². The van der Waals surface area contributed by atoms with Crippen LogP contribution in [0.2, 0.25) is 5.02 Å². The smallest absolute Gasteiger partial charge is 0.259 e. The van der Waals surface area contributed by atoms with Gasteiger partial charge in [0.05, 0.1) is 10.6 Å². The van der Waals surface area contributed by atoms with Crippen molar-refractivity contribution in [3.8, 4) is 11.1 Å². The zero-order chi connectivity index (χ0) is 26.6. The number of carbonyl (C=O) groups is 2. The summed E-state index contributed by atoms with van der Waals surface area (Å²) in [7, 11) is 2.01. The van der Waals surface area contributed by atoms with Crippen LogP contribution in [0.5, 0.6) is 0 Å². The topological polar surface area (TPSA) is 52.6 Å². The van der Waals surface area contributed by atoms with E-state index < -0.39 is 0 Å². The molecule has 1 aliphatic rings. The van der Waals surface area contributed by atoms with Gasteiger partial charge in [-0.2, -0.15) is 0 Å². The van der Waals surface area contributed by atoms with Crippen molar-refractivity contribution in [1.29, 1.82) is 0 Å². The summed E-state index contributed by atoms with van der Waals surface area (Å²) < 4.78 is 0. The number of fused-ring (bicyclic) bond motifs is 1. The van der Waals surface area contributed by atoms with Crippen LogP contribution in [0.3, 0.4) is 0 Å². The molecule has 5 nitrogen and oxygen atoms in total. The summed E-state index contributed by atoms with van der Waals surface area (Å²) in [4.78, 5) is 30.9. The van der Waals surface area contributed by atoms with Gasteiger partial charge in [-0.25, -0.2) is 0 Å². The maximum atomic E-state index is 13.8. The van der Waals surface area contributed by atoms with Crippen molar-refractivity contribution >= 4 is 46.4 Å². The number of amides is 2. The second-order valence-corrected chi connectivity index (χ2v) is 10.0. The molecule has 38 heavy (non-hydrogen) atoms. The largest absolute Gasteiger partial charge is 0.322 e. The number of nitrogens with one attached hydrogen (secondary N) is 1. The average molecular weight is 544 g/mol. The SMILES string of the molecule is CN1Cc2ccccc2N(C(=O)c2ccc(NC(=O)c3ccccc3-c3ccccc3)cc2Cl)C[C@H]1CCl. The molecule has 2 amide bonds. The predicted molar refractivity (Wildman–Crippen MR) is 155 cm³/mol. The van der Waals surface area contributed by atoms with E-state index in [0.29, 0.717) is 35.8 Å². The fraction of sp³-hybridized carbons (Fsp3) is 0.161. The van der Waals surface area contributed by atoms with E-state index in [1.807, 2.05) is 79.8 Å². The lowest BCUT2D eigenvalue weighted by atomic mass is 9.99. The van der Waals surface area contributed by atoms with Gasteiger partial charge in [-0.05, 0) is 54.1 Å². The second-order valence-electron chi connectivity index (χ2n) is 9.33. The summed E-state index contributed by atoms with van der Waals surface area (Å²) in [6.45, 7) is 1.14.